The van der Waals surface area contributed by atoms with Crippen LogP contribution in [0.15, 0.2) is 12.4 Å². The first-order valence-corrected chi connectivity index (χ1v) is 7.51. The zero-order valence-electron chi connectivity index (χ0n) is 12.1. The van der Waals surface area contributed by atoms with Crippen molar-refractivity contribution in [3.05, 3.63) is 12.4 Å². The summed E-state index contributed by atoms with van der Waals surface area (Å²) in [6.45, 7) is 9.41. The predicted octanol–water partition coefficient (Wildman–Crippen LogP) is 0.359. The molecule has 0 aromatic carbocycles. The first-order chi connectivity index (χ1) is 9.86. The van der Waals surface area contributed by atoms with Crippen molar-refractivity contribution in [2.75, 3.05) is 50.8 Å². The van der Waals surface area contributed by atoms with E-state index in [1.54, 1.807) is 6.20 Å². The molecule has 3 rings (SSSR count). The Bertz CT molecular complexity index is 429. The van der Waals surface area contributed by atoms with E-state index in [-0.39, 0.29) is 0 Å². The van der Waals surface area contributed by atoms with Gasteiger partial charge in [-0.3, -0.25) is 9.88 Å². The minimum Gasteiger partial charge on any atom is -0.477 e. The highest BCUT2D eigenvalue weighted by Crippen LogP contribution is 2.23. The lowest BCUT2D eigenvalue weighted by Gasteiger charge is -2.47. The molecule has 110 valence electrons. The zero-order chi connectivity index (χ0) is 13.8. The van der Waals surface area contributed by atoms with E-state index >= 15 is 0 Å². The Balaban J connectivity index is 1.53. The number of hydrogen-bond acceptors (Lipinski definition) is 6. The van der Waals surface area contributed by atoms with Gasteiger partial charge < -0.3 is 15.0 Å². The van der Waals surface area contributed by atoms with Crippen LogP contribution in [0.3, 0.4) is 0 Å². The topological polar surface area (TPSA) is 53.5 Å². The van der Waals surface area contributed by atoms with Crippen molar-refractivity contribution in [2.24, 2.45) is 0 Å². The molecule has 2 fully saturated rings. The first-order valence-electron chi connectivity index (χ1n) is 7.51. The SMILES string of the molecule is CCCOc1cncc(N2CC(N3CCNCC3)C2)n1. The number of aromatic nitrogens is 2. The minimum absolute atomic E-state index is 0.634. The lowest BCUT2D eigenvalue weighted by Crippen LogP contribution is -2.63. The summed E-state index contributed by atoms with van der Waals surface area (Å²) in [4.78, 5) is 13.6. The van der Waals surface area contributed by atoms with Crippen molar-refractivity contribution in [3.63, 3.8) is 0 Å². The molecule has 6 heteroatoms. The van der Waals surface area contributed by atoms with Crippen molar-refractivity contribution in [3.8, 4) is 5.88 Å². The van der Waals surface area contributed by atoms with Crippen LogP contribution in [0, 0.1) is 0 Å². The second-order valence-electron chi connectivity index (χ2n) is 5.41. The quantitative estimate of drug-likeness (QED) is 0.839. The summed E-state index contributed by atoms with van der Waals surface area (Å²) in [6, 6.07) is 0.666. The Hall–Kier alpha value is -1.40. The van der Waals surface area contributed by atoms with Crippen molar-refractivity contribution < 1.29 is 4.74 Å². The first kappa shape index (κ1) is 13.6. The number of rotatable bonds is 5. The van der Waals surface area contributed by atoms with Gasteiger partial charge in [-0.25, -0.2) is 0 Å². The molecule has 0 aliphatic carbocycles. The number of piperazine rings is 1. The number of ether oxygens (including phenoxy) is 1. The third-order valence-corrected chi connectivity index (χ3v) is 3.91. The highest BCUT2D eigenvalue weighted by atomic mass is 16.5. The molecular formula is C14H23N5O. The van der Waals surface area contributed by atoms with E-state index in [2.05, 4.69) is 32.0 Å². The van der Waals surface area contributed by atoms with Gasteiger partial charge in [0, 0.05) is 45.3 Å². The Labute approximate surface area is 120 Å². The molecule has 0 saturated carbocycles. The molecule has 2 saturated heterocycles. The molecule has 0 bridgehead atoms. The minimum atomic E-state index is 0.634. The molecule has 0 amide bonds. The summed E-state index contributed by atoms with van der Waals surface area (Å²) in [5, 5.41) is 3.39. The maximum Gasteiger partial charge on any atom is 0.234 e. The fraction of sp³-hybridized carbons (Fsp3) is 0.714. The van der Waals surface area contributed by atoms with Crippen molar-refractivity contribution in [2.45, 2.75) is 19.4 Å². The van der Waals surface area contributed by atoms with Crippen molar-refractivity contribution in [1.29, 1.82) is 0 Å². The molecule has 1 aromatic heterocycles. The molecule has 0 spiro atoms. The summed E-state index contributed by atoms with van der Waals surface area (Å²) in [5.74, 6) is 1.57. The van der Waals surface area contributed by atoms with E-state index in [1.807, 2.05) is 6.20 Å². The summed E-state index contributed by atoms with van der Waals surface area (Å²) in [6.07, 6.45) is 4.50. The van der Waals surface area contributed by atoms with Crippen LogP contribution in [0.2, 0.25) is 0 Å². The highest BCUT2D eigenvalue weighted by Gasteiger charge is 2.33. The van der Waals surface area contributed by atoms with E-state index in [4.69, 9.17) is 4.74 Å². The van der Waals surface area contributed by atoms with E-state index in [1.165, 1.54) is 0 Å². The van der Waals surface area contributed by atoms with Crippen LogP contribution in [-0.4, -0.2) is 66.8 Å². The van der Waals surface area contributed by atoms with Crippen LogP contribution in [0.5, 0.6) is 5.88 Å². The fourth-order valence-corrected chi connectivity index (χ4v) is 2.69. The Kier molecular flexibility index (Phi) is 4.32. The van der Waals surface area contributed by atoms with Crippen LogP contribution in [0.1, 0.15) is 13.3 Å². The number of nitrogens with zero attached hydrogens (tertiary/aromatic N) is 4. The van der Waals surface area contributed by atoms with Crippen molar-refractivity contribution >= 4 is 5.82 Å². The fourth-order valence-electron chi connectivity index (χ4n) is 2.69. The summed E-state index contributed by atoms with van der Waals surface area (Å²) in [7, 11) is 0. The molecule has 1 aromatic rings. The molecule has 20 heavy (non-hydrogen) atoms. The van der Waals surface area contributed by atoms with Crippen molar-refractivity contribution in [1.82, 2.24) is 20.2 Å². The lowest BCUT2D eigenvalue weighted by atomic mass is 10.1. The van der Waals surface area contributed by atoms with Gasteiger partial charge in [0.1, 0.15) is 0 Å². The van der Waals surface area contributed by atoms with Gasteiger partial charge in [0.15, 0.2) is 5.82 Å². The lowest BCUT2D eigenvalue weighted by molar-refractivity contribution is 0.147. The molecule has 1 N–H and O–H groups in total. The number of hydrogen-bond donors (Lipinski definition) is 1. The zero-order valence-corrected chi connectivity index (χ0v) is 12.1. The van der Waals surface area contributed by atoms with Crippen LogP contribution >= 0.6 is 0 Å². The van der Waals surface area contributed by atoms with Gasteiger partial charge in [0.05, 0.1) is 19.0 Å². The molecular weight excluding hydrogens is 254 g/mol. The Morgan fingerprint density at radius 2 is 2.10 bits per heavy atom. The van der Waals surface area contributed by atoms with Gasteiger partial charge in [-0.05, 0) is 6.42 Å². The van der Waals surface area contributed by atoms with Gasteiger partial charge in [0.25, 0.3) is 0 Å². The van der Waals surface area contributed by atoms with E-state index in [9.17, 15) is 0 Å². The monoisotopic (exact) mass is 277 g/mol. The van der Waals surface area contributed by atoms with Crippen LogP contribution in [0.25, 0.3) is 0 Å². The largest absolute Gasteiger partial charge is 0.477 e. The molecule has 2 aliphatic rings. The second kappa shape index (κ2) is 6.37. The smallest absolute Gasteiger partial charge is 0.234 e. The maximum absolute atomic E-state index is 5.54. The number of nitrogens with one attached hydrogen (secondary N) is 1. The van der Waals surface area contributed by atoms with Gasteiger partial charge in [-0.2, -0.15) is 4.98 Å². The van der Waals surface area contributed by atoms with Gasteiger partial charge >= 0.3 is 0 Å². The summed E-state index contributed by atoms with van der Waals surface area (Å²) < 4.78 is 5.54. The average molecular weight is 277 g/mol. The standard InChI is InChI=1S/C14H23N5O/c1-2-7-20-14-9-16-8-13(17-14)19-10-12(11-19)18-5-3-15-4-6-18/h8-9,12,15H,2-7,10-11H2,1H3. The van der Waals surface area contributed by atoms with Gasteiger partial charge in [-0.15, -0.1) is 0 Å². The molecule has 6 nitrogen and oxygen atoms in total. The highest BCUT2D eigenvalue weighted by molar-refractivity contribution is 5.41. The van der Waals surface area contributed by atoms with Crippen LogP contribution in [-0.2, 0) is 0 Å². The van der Waals surface area contributed by atoms with E-state index in [0.717, 1.165) is 51.5 Å². The van der Waals surface area contributed by atoms with Crippen LogP contribution in [0.4, 0.5) is 5.82 Å². The van der Waals surface area contributed by atoms with Gasteiger partial charge in [-0.1, -0.05) is 6.92 Å². The predicted molar refractivity (Wildman–Crippen MR) is 78.3 cm³/mol. The Morgan fingerprint density at radius 3 is 2.85 bits per heavy atom. The molecule has 2 aliphatic heterocycles. The molecule has 0 radical (unpaired) electrons. The molecule has 3 heterocycles. The normalized spacial score (nSPS) is 20.8. The maximum atomic E-state index is 5.54. The second-order valence-corrected chi connectivity index (χ2v) is 5.41. The van der Waals surface area contributed by atoms with E-state index in [0.29, 0.717) is 18.5 Å². The third kappa shape index (κ3) is 3.02. The number of anilines is 1. The average Bonchev–Trinajstić information content (AvgIpc) is 2.45. The third-order valence-electron chi connectivity index (χ3n) is 3.91. The Morgan fingerprint density at radius 1 is 1.30 bits per heavy atom. The van der Waals surface area contributed by atoms with E-state index < -0.39 is 0 Å². The summed E-state index contributed by atoms with van der Waals surface area (Å²) >= 11 is 0. The molecule has 0 unspecified atom stereocenters. The van der Waals surface area contributed by atoms with Crippen LogP contribution < -0.4 is 15.0 Å². The summed E-state index contributed by atoms with van der Waals surface area (Å²) in [5.41, 5.74) is 0. The molecule has 0 atom stereocenters. The van der Waals surface area contributed by atoms with Gasteiger partial charge in [0.2, 0.25) is 5.88 Å².